The van der Waals surface area contributed by atoms with Gasteiger partial charge in [0.25, 0.3) is 5.91 Å². The highest BCUT2D eigenvalue weighted by atomic mass is 19.1. The first-order valence-corrected chi connectivity index (χ1v) is 5.86. The minimum absolute atomic E-state index is 0.144. The average molecular weight is 268 g/mol. The molecule has 1 saturated heterocycles. The van der Waals surface area contributed by atoms with Gasteiger partial charge in [-0.15, -0.1) is 0 Å². The van der Waals surface area contributed by atoms with Crippen molar-refractivity contribution >= 4 is 5.91 Å². The summed E-state index contributed by atoms with van der Waals surface area (Å²) in [6.45, 7) is 0.485. The first-order chi connectivity index (χ1) is 9.02. The van der Waals surface area contributed by atoms with Crippen molar-refractivity contribution in [2.75, 3.05) is 13.1 Å². The van der Waals surface area contributed by atoms with Crippen LogP contribution in [0.25, 0.3) is 0 Å². The van der Waals surface area contributed by atoms with Crippen LogP contribution in [0.3, 0.4) is 0 Å². The number of benzene rings is 1. The Morgan fingerprint density at radius 2 is 1.95 bits per heavy atom. The molecule has 1 unspecified atom stereocenters. The summed E-state index contributed by atoms with van der Waals surface area (Å²) >= 11 is 0. The first-order valence-electron chi connectivity index (χ1n) is 5.86. The third-order valence-corrected chi connectivity index (χ3v) is 3.11. The SMILES string of the molecule is N#CC1CCCN(C(=O)c2c(F)cc(F)cc2F)C1. The van der Waals surface area contributed by atoms with Crippen molar-refractivity contribution in [2.45, 2.75) is 12.8 Å². The molecule has 0 aliphatic carbocycles. The van der Waals surface area contributed by atoms with Crippen molar-refractivity contribution in [2.24, 2.45) is 5.92 Å². The lowest BCUT2D eigenvalue weighted by molar-refractivity contribution is 0.0688. The summed E-state index contributed by atoms with van der Waals surface area (Å²) < 4.78 is 39.8. The number of likely N-dealkylation sites (tertiary alicyclic amines) is 1. The van der Waals surface area contributed by atoms with Crippen LogP contribution in [0.5, 0.6) is 0 Å². The molecular weight excluding hydrogens is 257 g/mol. The van der Waals surface area contributed by atoms with E-state index >= 15 is 0 Å². The number of nitriles is 1. The number of carbonyl (C=O) groups is 1. The number of hydrogen-bond acceptors (Lipinski definition) is 2. The molecule has 1 atom stereocenters. The second-order valence-electron chi connectivity index (χ2n) is 4.46. The molecule has 1 fully saturated rings. The monoisotopic (exact) mass is 268 g/mol. The first kappa shape index (κ1) is 13.4. The van der Waals surface area contributed by atoms with Crippen LogP contribution in [-0.4, -0.2) is 23.9 Å². The zero-order chi connectivity index (χ0) is 14.0. The van der Waals surface area contributed by atoms with Gasteiger partial charge >= 0.3 is 0 Å². The van der Waals surface area contributed by atoms with Crippen LogP contribution in [0.2, 0.25) is 0 Å². The van der Waals surface area contributed by atoms with Crippen molar-refractivity contribution < 1.29 is 18.0 Å². The molecule has 1 amide bonds. The lowest BCUT2D eigenvalue weighted by Crippen LogP contribution is -2.40. The van der Waals surface area contributed by atoms with Gasteiger partial charge in [0.05, 0.1) is 12.0 Å². The summed E-state index contributed by atoms with van der Waals surface area (Å²) in [5.74, 6) is -4.68. The fourth-order valence-electron chi connectivity index (χ4n) is 2.17. The molecular formula is C13H11F3N2O. The normalized spacial score (nSPS) is 19.1. The van der Waals surface area contributed by atoms with Crippen LogP contribution in [0.1, 0.15) is 23.2 Å². The Balaban J connectivity index is 2.27. The molecule has 0 spiro atoms. The molecule has 0 bridgehead atoms. The highest BCUT2D eigenvalue weighted by Crippen LogP contribution is 2.21. The Kier molecular flexibility index (Phi) is 3.74. The summed E-state index contributed by atoms with van der Waals surface area (Å²) in [7, 11) is 0. The number of piperidine rings is 1. The third-order valence-electron chi connectivity index (χ3n) is 3.11. The molecule has 0 radical (unpaired) electrons. The number of hydrogen-bond donors (Lipinski definition) is 0. The second-order valence-corrected chi connectivity index (χ2v) is 4.46. The number of halogens is 3. The van der Waals surface area contributed by atoms with Gasteiger partial charge in [-0.2, -0.15) is 5.26 Å². The van der Waals surface area contributed by atoms with Crippen LogP contribution >= 0.6 is 0 Å². The highest BCUT2D eigenvalue weighted by Gasteiger charge is 2.28. The van der Waals surface area contributed by atoms with E-state index in [1.54, 1.807) is 0 Å². The van der Waals surface area contributed by atoms with Crippen molar-refractivity contribution in [3.63, 3.8) is 0 Å². The Labute approximate surface area is 108 Å². The molecule has 1 aromatic rings. The molecule has 0 N–H and O–H groups in total. The van der Waals surface area contributed by atoms with Gasteiger partial charge in [0.15, 0.2) is 0 Å². The van der Waals surface area contributed by atoms with Gasteiger partial charge in [0.1, 0.15) is 23.0 Å². The molecule has 3 nitrogen and oxygen atoms in total. The zero-order valence-corrected chi connectivity index (χ0v) is 10.00. The fourth-order valence-corrected chi connectivity index (χ4v) is 2.17. The molecule has 2 rings (SSSR count). The molecule has 19 heavy (non-hydrogen) atoms. The van der Waals surface area contributed by atoms with E-state index in [-0.39, 0.29) is 12.5 Å². The second kappa shape index (κ2) is 5.31. The van der Waals surface area contributed by atoms with Gasteiger partial charge in [0.2, 0.25) is 0 Å². The predicted molar refractivity (Wildman–Crippen MR) is 60.6 cm³/mol. The van der Waals surface area contributed by atoms with Gasteiger partial charge < -0.3 is 4.90 Å². The largest absolute Gasteiger partial charge is 0.337 e. The quantitative estimate of drug-likeness (QED) is 0.785. The maximum absolute atomic E-state index is 13.5. The van der Waals surface area contributed by atoms with E-state index in [9.17, 15) is 18.0 Å². The summed E-state index contributed by atoms with van der Waals surface area (Å²) in [6, 6.07) is 2.99. The Morgan fingerprint density at radius 1 is 1.32 bits per heavy atom. The third kappa shape index (κ3) is 2.70. The van der Waals surface area contributed by atoms with Gasteiger partial charge in [-0.1, -0.05) is 0 Å². The van der Waals surface area contributed by atoms with Gasteiger partial charge in [-0.3, -0.25) is 4.79 Å². The summed E-state index contributed by atoms with van der Waals surface area (Å²) in [5, 5.41) is 8.82. The van der Waals surface area contributed by atoms with Gasteiger partial charge in [-0.05, 0) is 12.8 Å². The number of nitrogens with zero attached hydrogens (tertiary/aromatic N) is 2. The molecule has 0 aromatic heterocycles. The number of carbonyl (C=O) groups excluding carboxylic acids is 1. The maximum atomic E-state index is 13.5. The average Bonchev–Trinajstić information content (AvgIpc) is 2.37. The Bertz CT molecular complexity index is 530. The van der Waals surface area contributed by atoms with Crippen molar-refractivity contribution in [3.05, 3.63) is 35.1 Å². The number of rotatable bonds is 1. The lowest BCUT2D eigenvalue weighted by atomic mass is 9.99. The summed E-state index contributed by atoms with van der Waals surface area (Å²) in [4.78, 5) is 13.3. The highest BCUT2D eigenvalue weighted by molar-refractivity contribution is 5.94. The van der Waals surface area contributed by atoms with E-state index in [4.69, 9.17) is 5.26 Å². The minimum atomic E-state index is -1.22. The standard InChI is InChI=1S/C13H11F3N2O/c14-9-4-10(15)12(11(16)5-9)13(19)18-3-1-2-8(6-17)7-18/h4-5,8H,1-3,7H2. The van der Waals surface area contributed by atoms with Crippen LogP contribution < -0.4 is 0 Å². The van der Waals surface area contributed by atoms with E-state index < -0.39 is 28.9 Å². The van der Waals surface area contributed by atoms with Gasteiger partial charge in [0, 0.05) is 25.2 Å². The molecule has 100 valence electrons. The van der Waals surface area contributed by atoms with E-state index in [0.29, 0.717) is 31.5 Å². The van der Waals surface area contributed by atoms with Crippen molar-refractivity contribution in [1.29, 1.82) is 5.26 Å². The topological polar surface area (TPSA) is 44.1 Å². The Morgan fingerprint density at radius 3 is 2.53 bits per heavy atom. The fraction of sp³-hybridized carbons (Fsp3) is 0.385. The van der Waals surface area contributed by atoms with E-state index in [0.717, 1.165) is 0 Å². The van der Waals surface area contributed by atoms with E-state index in [1.807, 2.05) is 6.07 Å². The Hall–Kier alpha value is -2.03. The smallest absolute Gasteiger partial charge is 0.259 e. The summed E-state index contributed by atoms with van der Waals surface area (Å²) in [6.07, 6.45) is 1.27. The van der Waals surface area contributed by atoms with Crippen LogP contribution in [0.4, 0.5) is 13.2 Å². The molecule has 0 saturated carbocycles. The predicted octanol–water partition coefficient (Wildman–Crippen LogP) is 2.48. The van der Waals surface area contributed by atoms with Crippen molar-refractivity contribution in [1.82, 2.24) is 4.90 Å². The van der Waals surface area contributed by atoms with Crippen LogP contribution in [0.15, 0.2) is 12.1 Å². The molecule has 1 heterocycles. The molecule has 1 aliphatic heterocycles. The molecule has 6 heteroatoms. The number of amides is 1. The van der Waals surface area contributed by atoms with E-state index in [1.165, 1.54) is 4.90 Å². The van der Waals surface area contributed by atoms with Crippen LogP contribution in [0, 0.1) is 34.7 Å². The molecule has 1 aromatic carbocycles. The van der Waals surface area contributed by atoms with Gasteiger partial charge in [-0.25, -0.2) is 13.2 Å². The molecule has 1 aliphatic rings. The van der Waals surface area contributed by atoms with Crippen LogP contribution in [-0.2, 0) is 0 Å². The lowest BCUT2D eigenvalue weighted by Gasteiger charge is -2.29. The maximum Gasteiger partial charge on any atom is 0.259 e. The zero-order valence-electron chi connectivity index (χ0n) is 10.00. The van der Waals surface area contributed by atoms with Crippen molar-refractivity contribution in [3.8, 4) is 6.07 Å². The van der Waals surface area contributed by atoms with E-state index in [2.05, 4.69) is 0 Å². The minimum Gasteiger partial charge on any atom is -0.337 e. The summed E-state index contributed by atoms with van der Waals surface area (Å²) in [5.41, 5.74) is -0.764.